The minimum absolute atomic E-state index is 0.0816. The number of allylic oxidation sites excluding steroid dienone is 2. The molecule has 0 saturated carbocycles. The monoisotopic (exact) mass is 833 g/mol. The van der Waals surface area contributed by atoms with Gasteiger partial charge in [0.15, 0.2) is 0 Å². The fraction of sp³-hybridized carbons (Fsp3) is 0.0820. The molecule has 301 valence electrons. The maximum absolute atomic E-state index is 5.53. The molecule has 3 aliphatic carbocycles. The lowest BCUT2D eigenvalue weighted by Crippen LogP contribution is -2.14. The summed E-state index contributed by atoms with van der Waals surface area (Å²) in [5, 5.41) is 8.94. The second kappa shape index (κ2) is 12.9. The van der Waals surface area contributed by atoms with Crippen LogP contribution in [0.25, 0.3) is 81.4 Å². The van der Waals surface area contributed by atoms with Crippen molar-refractivity contribution >= 4 is 76.2 Å². The minimum Gasteiger partial charge on any atom is -0.309 e. The molecule has 64 heavy (non-hydrogen) atoms. The number of nitrogens with zero attached hydrogens (tertiary/aromatic N) is 2. The molecule has 1 radical (unpaired) electrons. The summed E-state index contributed by atoms with van der Waals surface area (Å²) in [6, 6.07) is 65.5. The van der Waals surface area contributed by atoms with Crippen molar-refractivity contribution in [2.45, 2.75) is 31.6 Å². The number of benzene rings is 9. The van der Waals surface area contributed by atoms with E-state index in [4.69, 9.17) is 4.99 Å². The van der Waals surface area contributed by atoms with Crippen molar-refractivity contribution < 1.29 is 0 Å². The molecule has 3 heteroatoms. The Hall–Kier alpha value is -7.33. The van der Waals surface area contributed by atoms with Crippen LogP contribution in [0, 0.1) is 6.42 Å². The minimum atomic E-state index is -0.207. The predicted molar refractivity (Wildman–Crippen MR) is 271 cm³/mol. The summed E-state index contributed by atoms with van der Waals surface area (Å²) in [7, 11) is 0. The van der Waals surface area contributed by atoms with Crippen LogP contribution >= 0.6 is 11.3 Å². The predicted octanol–water partition coefficient (Wildman–Crippen LogP) is 16.2. The Labute approximate surface area is 376 Å². The Morgan fingerprint density at radius 3 is 1.97 bits per heavy atom. The van der Waals surface area contributed by atoms with Gasteiger partial charge in [0.25, 0.3) is 0 Å². The molecule has 2 nitrogen and oxygen atoms in total. The summed E-state index contributed by atoms with van der Waals surface area (Å²) < 4.78 is 3.73. The maximum atomic E-state index is 5.53. The molecule has 0 spiro atoms. The Kier molecular flexibility index (Phi) is 7.28. The number of para-hydroxylation sites is 1. The van der Waals surface area contributed by atoms with Gasteiger partial charge in [0.1, 0.15) is 0 Å². The molecule has 0 fully saturated rings. The number of thiophene rings is 1. The third-order valence-electron chi connectivity index (χ3n) is 14.6. The van der Waals surface area contributed by atoms with Crippen LogP contribution in [-0.4, -0.2) is 10.3 Å². The van der Waals surface area contributed by atoms with E-state index in [1.165, 1.54) is 114 Å². The molecular weight excluding hydrogens is 793 g/mol. The highest BCUT2D eigenvalue weighted by Crippen LogP contribution is 2.55. The second-order valence-corrected chi connectivity index (χ2v) is 19.6. The average molecular weight is 834 g/mol. The van der Waals surface area contributed by atoms with E-state index >= 15 is 0 Å². The number of rotatable bonds is 6. The van der Waals surface area contributed by atoms with Gasteiger partial charge in [-0.2, -0.15) is 0 Å². The smallest absolute Gasteiger partial charge is 0.0866 e. The summed E-state index contributed by atoms with van der Waals surface area (Å²) >= 11 is 1.87. The summed E-state index contributed by atoms with van der Waals surface area (Å²) in [6.45, 7) is 6.92. The van der Waals surface area contributed by atoms with E-state index in [-0.39, 0.29) is 10.8 Å². The van der Waals surface area contributed by atoms with Crippen molar-refractivity contribution in [3.8, 4) is 27.9 Å². The molecule has 3 aliphatic rings. The lowest BCUT2D eigenvalue weighted by atomic mass is 9.82. The Bertz CT molecular complexity index is 3890. The Balaban J connectivity index is 0.925. The Morgan fingerprint density at radius 2 is 1.17 bits per heavy atom. The molecule has 2 heterocycles. The van der Waals surface area contributed by atoms with Crippen molar-refractivity contribution in [2.75, 3.05) is 0 Å². The van der Waals surface area contributed by atoms with E-state index in [1.54, 1.807) is 0 Å². The SMILES string of the molecule is CC(=Nc1c(C2(c3ccccc3)C=C2)sc2ccccc12)c1ccc2c3c(c4ccc(-c5ccc6c(c5)c5cc7c(cc5n6-c5ccccc5)C(C)(C)c5ccccc5-7)cc4c2c1)[CH]3. The molecule has 0 unspecified atom stereocenters. The fourth-order valence-corrected chi connectivity index (χ4v) is 12.5. The highest BCUT2D eigenvalue weighted by Gasteiger charge is 2.42. The third-order valence-corrected chi connectivity index (χ3v) is 15.9. The molecule has 0 saturated heterocycles. The van der Waals surface area contributed by atoms with Crippen LogP contribution in [0.15, 0.2) is 193 Å². The fourth-order valence-electron chi connectivity index (χ4n) is 11.1. The molecule has 0 amide bonds. The van der Waals surface area contributed by atoms with Gasteiger partial charge in [0.2, 0.25) is 0 Å². The van der Waals surface area contributed by atoms with Crippen molar-refractivity contribution in [3.63, 3.8) is 0 Å². The maximum Gasteiger partial charge on any atom is 0.0866 e. The van der Waals surface area contributed by atoms with E-state index in [0.717, 1.165) is 17.0 Å². The van der Waals surface area contributed by atoms with E-state index in [2.05, 4.69) is 220 Å². The first-order valence-corrected chi connectivity index (χ1v) is 23.2. The molecule has 2 aromatic heterocycles. The zero-order valence-corrected chi connectivity index (χ0v) is 36.6. The van der Waals surface area contributed by atoms with Crippen molar-refractivity contribution in [3.05, 3.63) is 233 Å². The van der Waals surface area contributed by atoms with Crippen LogP contribution in [0.3, 0.4) is 0 Å². The molecular formula is C61H41N2S. The standard InChI is InChI=1S/C61H41N2S/c1-36(62-58-45-19-11-13-21-57(45)64-59(58)61(28-29-61)40-14-6-4-7-15-40)37-22-25-42-46(30-37)47-31-38(23-26-43(47)49-33-48(42)49)39-24-27-55-51(32-39)52-34-50-44-18-10-12-20-53(44)60(2,3)54(50)35-56(52)63(55)41-16-8-5-9-17-41/h4-35H,1-3H3. The van der Waals surface area contributed by atoms with Crippen molar-refractivity contribution in [2.24, 2.45) is 4.99 Å². The average Bonchev–Trinajstić information content (AvgIpc) is 4.26. The third kappa shape index (κ3) is 5.05. The molecule has 11 aromatic rings. The van der Waals surface area contributed by atoms with Gasteiger partial charge in [-0.1, -0.05) is 147 Å². The summed E-state index contributed by atoms with van der Waals surface area (Å²) in [6.07, 6.45) is 7.01. The van der Waals surface area contributed by atoms with Gasteiger partial charge in [-0.25, -0.2) is 0 Å². The first-order valence-electron chi connectivity index (χ1n) is 22.4. The topological polar surface area (TPSA) is 17.3 Å². The Morgan fingerprint density at radius 1 is 0.516 bits per heavy atom. The van der Waals surface area contributed by atoms with Crippen LogP contribution in [0.5, 0.6) is 0 Å². The molecule has 0 atom stereocenters. The van der Waals surface area contributed by atoms with E-state index in [0.29, 0.717) is 0 Å². The van der Waals surface area contributed by atoms with E-state index in [1.807, 2.05) is 11.3 Å². The van der Waals surface area contributed by atoms with Gasteiger partial charge < -0.3 is 4.57 Å². The van der Waals surface area contributed by atoms with E-state index < -0.39 is 0 Å². The van der Waals surface area contributed by atoms with Crippen molar-refractivity contribution in [1.29, 1.82) is 0 Å². The molecule has 0 aliphatic heterocycles. The second-order valence-electron chi connectivity index (χ2n) is 18.5. The lowest BCUT2D eigenvalue weighted by Gasteiger charge is -2.21. The highest BCUT2D eigenvalue weighted by atomic mass is 32.1. The largest absolute Gasteiger partial charge is 0.309 e. The van der Waals surface area contributed by atoms with Crippen molar-refractivity contribution in [1.82, 2.24) is 4.57 Å². The zero-order valence-electron chi connectivity index (χ0n) is 35.8. The van der Waals surface area contributed by atoms with Gasteiger partial charge in [-0.15, -0.1) is 11.3 Å². The number of hydrogen-bond acceptors (Lipinski definition) is 2. The number of aliphatic imine (C=N–C) groups is 1. The van der Waals surface area contributed by atoms with Crippen LogP contribution in [-0.2, 0) is 10.8 Å². The molecule has 0 bridgehead atoms. The van der Waals surface area contributed by atoms with Crippen LogP contribution in [0.4, 0.5) is 5.69 Å². The number of aromatic nitrogens is 1. The first kappa shape index (κ1) is 36.2. The van der Waals surface area contributed by atoms with Gasteiger partial charge in [-0.3, -0.25) is 4.99 Å². The van der Waals surface area contributed by atoms with Gasteiger partial charge in [-0.05, 0) is 139 Å². The number of hydrogen-bond donors (Lipinski definition) is 0. The lowest BCUT2D eigenvalue weighted by molar-refractivity contribution is 0.661. The normalized spacial score (nSPS) is 15.3. The molecule has 9 aromatic carbocycles. The van der Waals surface area contributed by atoms with Crippen LogP contribution in [0.2, 0.25) is 0 Å². The van der Waals surface area contributed by atoms with Gasteiger partial charge in [0, 0.05) is 49.0 Å². The van der Waals surface area contributed by atoms with E-state index in [9.17, 15) is 0 Å². The number of fused-ring (bicyclic) bond motifs is 13. The van der Waals surface area contributed by atoms with Gasteiger partial charge in [0.05, 0.1) is 22.1 Å². The summed E-state index contributed by atoms with van der Waals surface area (Å²) in [5.41, 5.74) is 18.5. The molecule has 0 N–H and O–H groups in total. The van der Waals surface area contributed by atoms with Crippen LogP contribution < -0.4 is 0 Å². The van der Waals surface area contributed by atoms with Crippen LogP contribution in [0.1, 0.15) is 59.0 Å². The summed E-state index contributed by atoms with van der Waals surface area (Å²) in [4.78, 5) is 6.82. The summed E-state index contributed by atoms with van der Waals surface area (Å²) in [5.74, 6) is 0. The molecule has 14 rings (SSSR count). The van der Waals surface area contributed by atoms with Gasteiger partial charge >= 0.3 is 0 Å². The quantitative estimate of drug-likeness (QED) is 0.0902. The zero-order chi connectivity index (χ0) is 42.5. The first-order chi connectivity index (χ1) is 31.4. The highest BCUT2D eigenvalue weighted by molar-refractivity contribution is 7.20.